The van der Waals surface area contributed by atoms with Gasteiger partial charge in [0.2, 0.25) is 0 Å². The third kappa shape index (κ3) is 6.01. The van der Waals surface area contributed by atoms with Gasteiger partial charge in [-0.2, -0.15) is 13.2 Å². The van der Waals surface area contributed by atoms with Crippen LogP contribution in [0.4, 0.5) is 33.3 Å². The molecule has 0 aliphatic heterocycles. The van der Waals surface area contributed by atoms with Gasteiger partial charge in [-0.3, -0.25) is 4.79 Å². The first-order valence-electron chi connectivity index (χ1n) is 9.20. The van der Waals surface area contributed by atoms with Gasteiger partial charge in [-0.25, -0.2) is 8.78 Å². The SMILES string of the molecule is O=C(Nc1ccc(NC(=S)NCc2cc(C(F)(F)F)ccc2F)cc1)c1ccccc1F. The van der Waals surface area contributed by atoms with Gasteiger partial charge in [0.1, 0.15) is 11.6 Å². The normalized spacial score (nSPS) is 11.0. The van der Waals surface area contributed by atoms with Gasteiger partial charge in [-0.05, 0) is 66.8 Å². The number of carbonyl (C=O) groups is 1. The van der Waals surface area contributed by atoms with Gasteiger partial charge >= 0.3 is 6.18 Å². The molecular weight excluding hydrogens is 449 g/mol. The fourth-order valence-corrected chi connectivity index (χ4v) is 2.91. The summed E-state index contributed by atoms with van der Waals surface area (Å²) in [5, 5.41) is 8.07. The van der Waals surface area contributed by atoms with Crippen LogP contribution in [0.15, 0.2) is 66.7 Å². The van der Waals surface area contributed by atoms with E-state index in [4.69, 9.17) is 12.2 Å². The topological polar surface area (TPSA) is 53.2 Å². The molecule has 0 saturated heterocycles. The molecule has 3 aromatic rings. The molecular formula is C22H16F5N3OS. The number of rotatable bonds is 5. The van der Waals surface area contributed by atoms with Crippen LogP contribution in [0.2, 0.25) is 0 Å². The molecule has 3 N–H and O–H groups in total. The van der Waals surface area contributed by atoms with Gasteiger partial charge in [0.25, 0.3) is 5.91 Å². The van der Waals surface area contributed by atoms with Crippen molar-refractivity contribution in [2.75, 3.05) is 10.6 Å². The minimum atomic E-state index is -4.58. The van der Waals surface area contributed by atoms with E-state index in [1.54, 1.807) is 30.3 Å². The van der Waals surface area contributed by atoms with Crippen molar-refractivity contribution in [3.05, 3.63) is 95.1 Å². The Labute approximate surface area is 185 Å². The van der Waals surface area contributed by atoms with Crippen LogP contribution in [-0.2, 0) is 12.7 Å². The van der Waals surface area contributed by atoms with Crippen molar-refractivity contribution < 1.29 is 26.7 Å². The molecule has 0 heterocycles. The smallest absolute Gasteiger partial charge is 0.358 e. The van der Waals surface area contributed by atoms with Crippen molar-refractivity contribution in [3.8, 4) is 0 Å². The van der Waals surface area contributed by atoms with E-state index in [1.165, 1.54) is 18.2 Å². The van der Waals surface area contributed by atoms with Crippen molar-refractivity contribution in [2.45, 2.75) is 12.7 Å². The van der Waals surface area contributed by atoms with Gasteiger partial charge in [0.15, 0.2) is 5.11 Å². The third-order valence-corrected chi connectivity index (χ3v) is 4.58. The molecule has 0 aliphatic carbocycles. The van der Waals surface area contributed by atoms with Crippen LogP contribution in [-0.4, -0.2) is 11.0 Å². The van der Waals surface area contributed by atoms with Crippen molar-refractivity contribution >= 4 is 34.6 Å². The number of thiocarbonyl (C=S) groups is 1. The summed E-state index contributed by atoms with van der Waals surface area (Å²) in [6.45, 7) is -0.252. The Hall–Kier alpha value is -3.53. The first-order chi connectivity index (χ1) is 15.1. The molecule has 1 amide bonds. The average Bonchev–Trinajstić information content (AvgIpc) is 2.74. The number of nitrogens with one attached hydrogen (secondary N) is 3. The Kier molecular flexibility index (Phi) is 7.04. The molecule has 3 aromatic carbocycles. The lowest BCUT2D eigenvalue weighted by Gasteiger charge is -2.13. The summed E-state index contributed by atoms with van der Waals surface area (Å²) in [6, 6.07) is 14.0. The highest BCUT2D eigenvalue weighted by Crippen LogP contribution is 2.30. The van der Waals surface area contributed by atoms with E-state index >= 15 is 0 Å². The number of hydrogen-bond donors (Lipinski definition) is 3. The van der Waals surface area contributed by atoms with Gasteiger partial charge < -0.3 is 16.0 Å². The zero-order chi connectivity index (χ0) is 23.3. The summed E-state index contributed by atoms with van der Waals surface area (Å²) in [7, 11) is 0. The van der Waals surface area contributed by atoms with E-state index in [2.05, 4.69) is 16.0 Å². The maximum Gasteiger partial charge on any atom is 0.416 e. The summed E-state index contributed by atoms with van der Waals surface area (Å²) in [5.74, 6) is -2.04. The van der Waals surface area contributed by atoms with E-state index in [0.29, 0.717) is 17.4 Å². The van der Waals surface area contributed by atoms with Crippen LogP contribution < -0.4 is 16.0 Å². The molecule has 10 heteroatoms. The zero-order valence-corrected chi connectivity index (χ0v) is 17.1. The Morgan fingerprint density at radius 1 is 0.844 bits per heavy atom. The molecule has 166 valence electrons. The van der Waals surface area contributed by atoms with Crippen LogP contribution in [0.1, 0.15) is 21.5 Å². The maximum atomic E-state index is 13.8. The van der Waals surface area contributed by atoms with Crippen LogP contribution in [0.3, 0.4) is 0 Å². The number of benzene rings is 3. The van der Waals surface area contributed by atoms with Gasteiger partial charge in [0.05, 0.1) is 11.1 Å². The van der Waals surface area contributed by atoms with E-state index in [1.807, 2.05) is 0 Å². The Morgan fingerprint density at radius 3 is 2.09 bits per heavy atom. The number of hydrogen-bond acceptors (Lipinski definition) is 2. The molecule has 3 rings (SSSR count). The van der Waals surface area contributed by atoms with E-state index in [-0.39, 0.29) is 22.8 Å². The van der Waals surface area contributed by atoms with Gasteiger partial charge in [0, 0.05) is 23.5 Å². The molecule has 0 spiro atoms. The van der Waals surface area contributed by atoms with Crippen LogP contribution in [0.5, 0.6) is 0 Å². The minimum Gasteiger partial charge on any atom is -0.358 e. The second-order valence-corrected chi connectivity index (χ2v) is 7.03. The summed E-state index contributed by atoms with van der Waals surface area (Å²) in [5.41, 5.74) is -0.315. The van der Waals surface area contributed by atoms with Gasteiger partial charge in [-0.1, -0.05) is 12.1 Å². The zero-order valence-electron chi connectivity index (χ0n) is 16.3. The Balaban J connectivity index is 1.56. The molecule has 4 nitrogen and oxygen atoms in total. The van der Waals surface area contributed by atoms with E-state index in [9.17, 15) is 26.7 Å². The second-order valence-electron chi connectivity index (χ2n) is 6.62. The van der Waals surface area contributed by atoms with Crippen LogP contribution in [0.25, 0.3) is 0 Å². The quantitative estimate of drug-likeness (QED) is 0.333. The summed E-state index contributed by atoms with van der Waals surface area (Å²) >= 11 is 5.09. The second kappa shape index (κ2) is 9.73. The molecule has 0 saturated carbocycles. The molecule has 0 atom stereocenters. The lowest BCUT2D eigenvalue weighted by Crippen LogP contribution is -2.28. The van der Waals surface area contributed by atoms with Crippen molar-refractivity contribution in [3.63, 3.8) is 0 Å². The standard InChI is InChI=1S/C22H16F5N3OS/c23-18-10-5-14(22(25,26)27)11-13(18)12-28-21(32)30-16-8-6-15(7-9-16)29-20(31)17-3-1-2-4-19(17)24/h1-11H,12H2,(H,29,31)(H2,28,30,32). The molecule has 0 fully saturated rings. The molecule has 0 radical (unpaired) electrons. The predicted octanol–water partition coefficient (Wildman–Crippen LogP) is 5.72. The largest absolute Gasteiger partial charge is 0.416 e. The minimum absolute atomic E-state index is 0.0601. The molecule has 0 aliphatic rings. The van der Waals surface area contributed by atoms with Crippen LogP contribution >= 0.6 is 12.2 Å². The van der Waals surface area contributed by atoms with Crippen molar-refractivity contribution in [1.82, 2.24) is 5.32 Å². The average molecular weight is 465 g/mol. The first-order valence-corrected chi connectivity index (χ1v) is 9.61. The monoisotopic (exact) mass is 465 g/mol. The molecule has 0 unspecified atom stereocenters. The van der Waals surface area contributed by atoms with E-state index in [0.717, 1.165) is 12.1 Å². The third-order valence-electron chi connectivity index (χ3n) is 4.33. The lowest BCUT2D eigenvalue weighted by molar-refractivity contribution is -0.137. The highest BCUT2D eigenvalue weighted by Gasteiger charge is 2.31. The maximum absolute atomic E-state index is 13.8. The predicted molar refractivity (Wildman–Crippen MR) is 115 cm³/mol. The summed E-state index contributed by atoms with van der Waals surface area (Å²) < 4.78 is 65.8. The highest BCUT2D eigenvalue weighted by atomic mass is 32.1. The summed E-state index contributed by atoms with van der Waals surface area (Å²) in [6.07, 6.45) is -4.58. The number of carbonyl (C=O) groups excluding carboxylic acids is 1. The Bertz CT molecular complexity index is 1130. The highest BCUT2D eigenvalue weighted by molar-refractivity contribution is 7.80. The summed E-state index contributed by atoms with van der Waals surface area (Å²) in [4.78, 5) is 12.1. The van der Waals surface area contributed by atoms with Crippen molar-refractivity contribution in [1.29, 1.82) is 0 Å². The number of halogens is 5. The first kappa shape index (κ1) is 23.1. The number of alkyl halides is 3. The molecule has 0 bridgehead atoms. The molecule has 32 heavy (non-hydrogen) atoms. The number of amides is 1. The van der Waals surface area contributed by atoms with Gasteiger partial charge in [-0.15, -0.1) is 0 Å². The molecule has 0 aromatic heterocycles. The van der Waals surface area contributed by atoms with Crippen molar-refractivity contribution in [2.24, 2.45) is 0 Å². The fourth-order valence-electron chi connectivity index (χ4n) is 2.72. The fraction of sp³-hybridized carbons (Fsp3) is 0.0909. The van der Waals surface area contributed by atoms with E-state index < -0.39 is 29.3 Å². The lowest BCUT2D eigenvalue weighted by atomic mass is 10.1. The Morgan fingerprint density at radius 2 is 1.47 bits per heavy atom. The van der Waals surface area contributed by atoms with Crippen LogP contribution in [0, 0.1) is 11.6 Å². The number of anilines is 2.